The second kappa shape index (κ2) is 5.42. The first-order valence-corrected chi connectivity index (χ1v) is 6.77. The van der Waals surface area contributed by atoms with E-state index in [2.05, 4.69) is 5.32 Å². The monoisotopic (exact) mass is 278 g/mol. The number of amides is 1. The van der Waals surface area contributed by atoms with E-state index in [1.807, 2.05) is 45.0 Å². The first-order valence-electron chi connectivity index (χ1n) is 6.77. The van der Waals surface area contributed by atoms with Gasteiger partial charge in [-0.25, -0.2) is 10.7 Å². The van der Waals surface area contributed by atoms with Crippen molar-refractivity contribution in [1.82, 2.24) is 0 Å². The van der Waals surface area contributed by atoms with Gasteiger partial charge in [0.2, 0.25) is 0 Å². The maximum atomic E-state index is 11.7. The molecule has 110 valence electrons. The van der Waals surface area contributed by atoms with Crippen LogP contribution in [0.1, 0.15) is 39.2 Å². The van der Waals surface area contributed by atoms with E-state index in [9.17, 15) is 4.79 Å². The molecule has 0 radical (unpaired) electrons. The Morgan fingerprint density at radius 1 is 1.30 bits per heavy atom. The van der Waals surface area contributed by atoms with Gasteiger partial charge in [-0.2, -0.15) is 0 Å². The molecule has 1 aliphatic rings. The fourth-order valence-corrected chi connectivity index (χ4v) is 2.16. The zero-order valence-corrected chi connectivity index (χ0v) is 12.2. The molecule has 1 fully saturated rings. The second-order valence-corrected chi connectivity index (χ2v) is 6.30. The van der Waals surface area contributed by atoms with Gasteiger partial charge in [-0.1, -0.05) is 12.1 Å². The van der Waals surface area contributed by atoms with Gasteiger partial charge in [-0.05, 0) is 51.3 Å². The standard InChI is InChI=1S/C15H22N2O3/c1-14(2,3)20-13(18)17-12-6-4-11(5-7-12)15(8-9-15)10-19-16/h4-7H,8-10,16H2,1-3H3,(H,17,18). The highest BCUT2D eigenvalue weighted by Gasteiger charge is 2.44. The lowest BCUT2D eigenvalue weighted by molar-refractivity contribution is 0.0636. The summed E-state index contributed by atoms with van der Waals surface area (Å²) in [5.41, 5.74) is 1.48. The van der Waals surface area contributed by atoms with Crippen molar-refractivity contribution in [2.24, 2.45) is 5.90 Å². The molecule has 1 aliphatic carbocycles. The normalized spacial score (nSPS) is 16.6. The number of hydrogen-bond donors (Lipinski definition) is 2. The molecule has 3 N–H and O–H groups in total. The molecule has 5 heteroatoms. The van der Waals surface area contributed by atoms with Gasteiger partial charge in [0.1, 0.15) is 5.60 Å². The molecule has 0 saturated heterocycles. The number of anilines is 1. The number of carbonyl (C=O) groups is 1. The fraction of sp³-hybridized carbons (Fsp3) is 0.533. The Hall–Kier alpha value is -1.59. The first kappa shape index (κ1) is 14.8. The summed E-state index contributed by atoms with van der Waals surface area (Å²) in [5, 5.41) is 2.71. The van der Waals surface area contributed by atoms with Crippen LogP contribution in [0.2, 0.25) is 0 Å². The average molecular weight is 278 g/mol. The van der Waals surface area contributed by atoms with Crippen LogP contribution in [-0.4, -0.2) is 18.3 Å². The van der Waals surface area contributed by atoms with Crippen LogP contribution in [0.25, 0.3) is 0 Å². The smallest absolute Gasteiger partial charge is 0.412 e. The topological polar surface area (TPSA) is 73.6 Å². The highest BCUT2D eigenvalue weighted by molar-refractivity contribution is 5.84. The third-order valence-corrected chi connectivity index (χ3v) is 3.36. The third-order valence-electron chi connectivity index (χ3n) is 3.36. The van der Waals surface area contributed by atoms with Gasteiger partial charge in [0.15, 0.2) is 0 Å². The summed E-state index contributed by atoms with van der Waals surface area (Å²) < 4.78 is 5.20. The number of ether oxygens (including phenoxy) is 1. The quantitative estimate of drug-likeness (QED) is 0.830. The first-order chi connectivity index (χ1) is 9.35. The Labute approximate surface area is 119 Å². The summed E-state index contributed by atoms with van der Waals surface area (Å²) in [6.45, 7) is 6.03. The molecular formula is C15H22N2O3. The Morgan fingerprint density at radius 3 is 2.35 bits per heavy atom. The van der Waals surface area contributed by atoms with E-state index in [0.29, 0.717) is 12.3 Å². The van der Waals surface area contributed by atoms with E-state index < -0.39 is 11.7 Å². The lowest BCUT2D eigenvalue weighted by atomic mass is 9.97. The minimum absolute atomic E-state index is 0.0686. The summed E-state index contributed by atoms with van der Waals surface area (Å²) in [7, 11) is 0. The van der Waals surface area contributed by atoms with Gasteiger partial charge < -0.3 is 9.57 Å². The largest absolute Gasteiger partial charge is 0.444 e. The Bertz CT molecular complexity index is 473. The summed E-state index contributed by atoms with van der Waals surface area (Å²) in [6.07, 6.45) is 1.73. The van der Waals surface area contributed by atoms with Gasteiger partial charge in [-0.3, -0.25) is 5.32 Å². The predicted octanol–water partition coefficient (Wildman–Crippen LogP) is 2.96. The van der Waals surface area contributed by atoms with Crippen molar-refractivity contribution in [2.45, 2.75) is 44.6 Å². The number of nitrogens with one attached hydrogen (secondary N) is 1. The number of hydrogen-bond acceptors (Lipinski definition) is 4. The van der Waals surface area contributed by atoms with E-state index in [4.69, 9.17) is 15.5 Å². The minimum Gasteiger partial charge on any atom is -0.444 e. The number of nitrogens with two attached hydrogens (primary N) is 1. The van der Waals surface area contributed by atoms with E-state index in [1.165, 1.54) is 5.56 Å². The molecule has 0 spiro atoms. The van der Waals surface area contributed by atoms with Crippen molar-refractivity contribution < 1.29 is 14.4 Å². The van der Waals surface area contributed by atoms with Gasteiger partial charge in [0.25, 0.3) is 0 Å². The molecule has 2 rings (SSSR count). The van der Waals surface area contributed by atoms with Crippen LogP contribution in [0.4, 0.5) is 10.5 Å². The van der Waals surface area contributed by atoms with E-state index in [1.54, 1.807) is 0 Å². The van der Waals surface area contributed by atoms with Crippen molar-refractivity contribution in [1.29, 1.82) is 0 Å². The minimum atomic E-state index is -0.499. The van der Waals surface area contributed by atoms with Crippen LogP contribution in [-0.2, 0) is 15.0 Å². The zero-order chi connectivity index (χ0) is 14.8. The summed E-state index contributed by atoms with van der Waals surface area (Å²) in [4.78, 5) is 16.4. The zero-order valence-electron chi connectivity index (χ0n) is 12.2. The van der Waals surface area contributed by atoms with Crippen molar-refractivity contribution in [2.75, 3.05) is 11.9 Å². The highest BCUT2D eigenvalue weighted by atomic mass is 16.6. The predicted molar refractivity (Wildman–Crippen MR) is 77.4 cm³/mol. The highest BCUT2D eigenvalue weighted by Crippen LogP contribution is 2.48. The van der Waals surface area contributed by atoms with Crippen LogP contribution >= 0.6 is 0 Å². The van der Waals surface area contributed by atoms with Crippen molar-refractivity contribution in [3.05, 3.63) is 29.8 Å². The van der Waals surface area contributed by atoms with Crippen molar-refractivity contribution in [3.63, 3.8) is 0 Å². The molecule has 20 heavy (non-hydrogen) atoms. The summed E-state index contributed by atoms with van der Waals surface area (Å²) in [6, 6.07) is 7.74. The molecule has 1 saturated carbocycles. The maximum absolute atomic E-state index is 11.7. The van der Waals surface area contributed by atoms with Gasteiger partial charge in [0.05, 0.1) is 6.61 Å². The molecule has 1 amide bonds. The van der Waals surface area contributed by atoms with Crippen LogP contribution in [0.15, 0.2) is 24.3 Å². The molecular weight excluding hydrogens is 256 g/mol. The molecule has 0 unspecified atom stereocenters. The number of benzene rings is 1. The average Bonchev–Trinajstić information content (AvgIpc) is 3.09. The van der Waals surface area contributed by atoms with E-state index >= 15 is 0 Å². The number of carbonyl (C=O) groups excluding carboxylic acids is 1. The molecule has 1 aromatic rings. The molecule has 0 aromatic heterocycles. The van der Waals surface area contributed by atoms with Crippen LogP contribution < -0.4 is 11.2 Å². The van der Waals surface area contributed by atoms with Crippen molar-refractivity contribution in [3.8, 4) is 0 Å². The third kappa shape index (κ3) is 3.71. The molecule has 0 bridgehead atoms. The SMILES string of the molecule is CC(C)(C)OC(=O)Nc1ccc(C2(CON)CC2)cc1. The summed E-state index contributed by atoms with van der Waals surface area (Å²) in [5.74, 6) is 5.17. The second-order valence-electron chi connectivity index (χ2n) is 6.30. The van der Waals surface area contributed by atoms with Gasteiger partial charge in [0, 0.05) is 11.1 Å². The fourth-order valence-electron chi connectivity index (χ4n) is 2.16. The van der Waals surface area contributed by atoms with E-state index in [-0.39, 0.29) is 5.41 Å². The molecule has 0 heterocycles. The number of rotatable bonds is 4. The van der Waals surface area contributed by atoms with Crippen molar-refractivity contribution >= 4 is 11.8 Å². The molecule has 0 atom stereocenters. The molecule has 0 aliphatic heterocycles. The molecule has 5 nitrogen and oxygen atoms in total. The van der Waals surface area contributed by atoms with Gasteiger partial charge in [-0.15, -0.1) is 0 Å². The Morgan fingerprint density at radius 2 is 1.90 bits per heavy atom. The van der Waals surface area contributed by atoms with Gasteiger partial charge >= 0.3 is 6.09 Å². The van der Waals surface area contributed by atoms with Crippen LogP contribution in [0, 0.1) is 0 Å². The Kier molecular flexibility index (Phi) is 4.01. The van der Waals surface area contributed by atoms with Crippen LogP contribution in [0.3, 0.4) is 0 Å². The maximum Gasteiger partial charge on any atom is 0.412 e. The van der Waals surface area contributed by atoms with Crippen LogP contribution in [0.5, 0.6) is 0 Å². The Balaban J connectivity index is 1.97. The lowest BCUT2D eigenvalue weighted by Gasteiger charge is -2.20. The molecule has 1 aromatic carbocycles. The lowest BCUT2D eigenvalue weighted by Crippen LogP contribution is -2.27. The summed E-state index contributed by atoms with van der Waals surface area (Å²) >= 11 is 0. The van der Waals surface area contributed by atoms with E-state index in [0.717, 1.165) is 12.8 Å².